The van der Waals surface area contributed by atoms with Gasteiger partial charge in [-0.1, -0.05) is 17.3 Å². The number of hydrogen-bond acceptors (Lipinski definition) is 7. The van der Waals surface area contributed by atoms with Crippen molar-refractivity contribution in [2.24, 2.45) is 5.73 Å². The lowest BCUT2D eigenvalue weighted by Gasteiger charge is -2.31. The molecule has 10 nitrogen and oxygen atoms in total. The number of likely N-dealkylation sites (tertiary alicyclic amines) is 1. The Morgan fingerprint density at radius 1 is 1.25 bits per heavy atom. The summed E-state index contributed by atoms with van der Waals surface area (Å²) in [5, 5.41) is 8.25. The Balaban J connectivity index is 1.26. The molecule has 2 amide bonds. The molecule has 0 bridgehead atoms. The van der Waals surface area contributed by atoms with Crippen LogP contribution in [0.25, 0.3) is 17.0 Å². The third-order valence-corrected chi connectivity index (χ3v) is 6.71. The summed E-state index contributed by atoms with van der Waals surface area (Å²) in [7, 11) is 0. The molecule has 1 aliphatic heterocycles. The number of carbonyl (C=O) groups excluding carboxylic acids is 2. The Kier molecular flexibility index (Phi) is 6.21. The number of piperidine rings is 1. The number of hydrogen-bond donors (Lipinski definition) is 1. The van der Waals surface area contributed by atoms with E-state index in [1.807, 2.05) is 18.7 Å². The van der Waals surface area contributed by atoms with Gasteiger partial charge in [0.05, 0.1) is 12.1 Å². The quantitative estimate of drug-likeness (QED) is 0.438. The number of halogens is 1. The van der Waals surface area contributed by atoms with Crippen molar-refractivity contribution < 1.29 is 18.5 Å². The minimum absolute atomic E-state index is 0.0294. The molecule has 1 aromatic carbocycles. The van der Waals surface area contributed by atoms with Crippen molar-refractivity contribution >= 4 is 17.5 Å². The van der Waals surface area contributed by atoms with Crippen LogP contribution in [-0.4, -0.2) is 54.5 Å². The van der Waals surface area contributed by atoms with Crippen LogP contribution in [0.5, 0.6) is 0 Å². The van der Waals surface area contributed by atoms with E-state index in [1.54, 1.807) is 16.6 Å². The lowest BCUT2D eigenvalue weighted by molar-refractivity contribution is -0.132. The van der Waals surface area contributed by atoms with E-state index in [0.29, 0.717) is 48.9 Å². The van der Waals surface area contributed by atoms with Gasteiger partial charge in [-0.3, -0.25) is 9.59 Å². The molecule has 0 radical (unpaired) electrons. The molecule has 0 spiro atoms. The van der Waals surface area contributed by atoms with E-state index in [0.717, 1.165) is 29.8 Å². The van der Waals surface area contributed by atoms with Gasteiger partial charge in [-0.05, 0) is 50.8 Å². The van der Waals surface area contributed by atoms with Gasteiger partial charge in [-0.2, -0.15) is 10.1 Å². The minimum atomic E-state index is -0.580. The maximum absolute atomic E-state index is 13.6. The molecule has 1 fully saturated rings. The molecule has 3 aromatic heterocycles. The van der Waals surface area contributed by atoms with Crippen molar-refractivity contribution in [2.75, 3.05) is 13.1 Å². The van der Waals surface area contributed by atoms with Crippen LogP contribution >= 0.6 is 0 Å². The largest absolute Gasteiger partial charge is 0.365 e. The second-order valence-corrected chi connectivity index (χ2v) is 9.06. The highest BCUT2D eigenvalue weighted by Crippen LogP contribution is 2.28. The zero-order valence-corrected chi connectivity index (χ0v) is 20.1. The van der Waals surface area contributed by atoms with E-state index in [4.69, 9.17) is 10.3 Å². The molecule has 2 N–H and O–H groups in total. The molecule has 0 saturated carbocycles. The smallest absolute Gasteiger partial charge is 0.254 e. The molecule has 5 rings (SSSR count). The summed E-state index contributed by atoms with van der Waals surface area (Å²) in [6.07, 6.45) is 3.87. The third kappa shape index (κ3) is 4.43. The molecule has 4 heterocycles. The van der Waals surface area contributed by atoms with E-state index in [2.05, 4.69) is 20.2 Å². The summed E-state index contributed by atoms with van der Waals surface area (Å²) in [6.45, 7) is 4.89. The Morgan fingerprint density at radius 2 is 2.08 bits per heavy atom. The fourth-order valence-corrected chi connectivity index (χ4v) is 4.79. The number of nitrogens with zero attached hydrogens (tertiary/aromatic N) is 6. The Labute approximate surface area is 206 Å². The van der Waals surface area contributed by atoms with Crippen LogP contribution in [0.3, 0.4) is 0 Å². The van der Waals surface area contributed by atoms with Crippen molar-refractivity contribution in [1.29, 1.82) is 0 Å². The van der Waals surface area contributed by atoms with Crippen LogP contribution in [0, 0.1) is 19.7 Å². The summed E-state index contributed by atoms with van der Waals surface area (Å²) in [4.78, 5) is 35.6. The van der Waals surface area contributed by atoms with Crippen molar-refractivity contribution in [2.45, 2.75) is 45.4 Å². The van der Waals surface area contributed by atoms with Crippen molar-refractivity contribution in [1.82, 2.24) is 29.6 Å². The Hall–Kier alpha value is -4.15. The second kappa shape index (κ2) is 9.48. The maximum Gasteiger partial charge on any atom is 0.254 e. The van der Waals surface area contributed by atoms with Crippen LogP contribution < -0.4 is 5.73 Å². The topological polar surface area (TPSA) is 133 Å². The van der Waals surface area contributed by atoms with Crippen molar-refractivity contribution in [3.63, 3.8) is 0 Å². The lowest BCUT2D eigenvalue weighted by Crippen LogP contribution is -2.39. The maximum atomic E-state index is 13.6. The van der Waals surface area contributed by atoms with E-state index in [1.165, 1.54) is 18.3 Å². The fraction of sp³-hybridized carbons (Fsp3) is 0.360. The highest BCUT2D eigenvalue weighted by molar-refractivity contribution is 5.98. The molecule has 1 unspecified atom stereocenters. The first kappa shape index (κ1) is 23.6. The average molecular weight is 492 g/mol. The van der Waals surface area contributed by atoms with Crippen LogP contribution in [0.2, 0.25) is 0 Å². The number of amides is 2. The number of fused-ring (bicyclic) bond motifs is 1. The SMILES string of the molecule is Cc1nc2c(C(N)=O)cnn2c(C)c1CCC(=O)N1CCCC(c2nc(-c3cccc(F)c3)no2)C1. The summed E-state index contributed by atoms with van der Waals surface area (Å²) >= 11 is 0. The summed E-state index contributed by atoms with van der Waals surface area (Å²) in [6, 6.07) is 6.04. The third-order valence-electron chi connectivity index (χ3n) is 6.71. The first-order valence-electron chi connectivity index (χ1n) is 11.8. The van der Waals surface area contributed by atoms with Gasteiger partial charge in [0.15, 0.2) is 5.65 Å². The number of aryl methyl sites for hydroxylation is 2. The van der Waals surface area contributed by atoms with Crippen LogP contribution in [0.15, 0.2) is 35.0 Å². The van der Waals surface area contributed by atoms with Gasteiger partial charge in [0, 0.05) is 36.5 Å². The van der Waals surface area contributed by atoms with E-state index < -0.39 is 5.91 Å². The van der Waals surface area contributed by atoms with Crippen LogP contribution in [0.1, 0.15) is 58.4 Å². The molecule has 186 valence electrons. The Bertz CT molecular complexity index is 1460. The van der Waals surface area contributed by atoms with Gasteiger partial charge >= 0.3 is 0 Å². The summed E-state index contributed by atoms with van der Waals surface area (Å²) in [5.74, 6) is -0.203. The summed E-state index contributed by atoms with van der Waals surface area (Å²) < 4.78 is 20.6. The normalized spacial score (nSPS) is 16.0. The van der Waals surface area contributed by atoms with Gasteiger partial charge in [0.25, 0.3) is 5.91 Å². The van der Waals surface area contributed by atoms with Gasteiger partial charge < -0.3 is 15.2 Å². The Morgan fingerprint density at radius 3 is 2.86 bits per heavy atom. The van der Waals surface area contributed by atoms with Gasteiger partial charge in [0.1, 0.15) is 11.4 Å². The molecule has 11 heteroatoms. The van der Waals surface area contributed by atoms with Gasteiger partial charge in [-0.25, -0.2) is 13.9 Å². The fourth-order valence-electron chi connectivity index (χ4n) is 4.79. The molecular weight excluding hydrogens is 465 g/mol. The summed E-state index contributed by atoms with van der Waals surface area (Å²) in [5.41, 5.74) is 9.14. The van der Waals surface area contributed by atoms with E-state index in [-0.39, 0.29) is 23.2 Å². The molecule has 36 heavy (non-hydrogen) atoms. The second-order valence-electron chi connectivity index (χ2n) is 9.06. The molecule has 1 saturated heterocycles. The molecular formula is C25H26FN7O3. The molecule has 4 aromatic rings. The van der Waals surface area contributed by atoms with Crippen LogP contribution in [-0.2, 0) is 11.2 Å². The number of benzene rings is 1. The first-order valence-corrected chi connectivity index (χ1v) is 11.8. The van der Waals surface area contributed by atoms with E-state index >= 15 is 0 Å². The monoisotopic (exact) mass is 491 g/mol. The number of nitrogens with two attached hydrogens (primary N) is 1. The van der Waals surface area contributed by atoms with Crippen LogP contribution in [0.4, 0.5) is 4.39 Å². The predicted octanol–water partition coefficient (Wildman–Crippen LogP) is 2.97. The minimum Gasteiger partial charge on any atom is -0.365 e. The predicted molar refractivity (Wildman–Crippen MR) is 128 cm³/mol. The van der Waals surface area contributed by atoms with Gasteiger partial charge in [-0.15, -0.1) is 0 Å². The van der Waals surface area contributed by atoms with Gasteiger partial charge in [0.2, 0.25) is 17.6 Å². The zero-order valence-electron chi connectivity index (χ0n) is 20.1. The standard InChI is InChI=1S/C25H26FN7O3/c1-14-19(15(2)33-24(29-14)20(12-28-33)22(27)35)8-9-21(34)32-10-4-6-17(13-32)25-30-23(31-36-25)16-5-3-7-18(26)11-16/h3,5,7,11-12,17H,4,6,8-10,13H2,1-2H3,(H2,27,35). The molecule has 1 atom stereocenters. The van der Waals surface area contributed by atoms with Crippen molar-refractivity contribution in [3.05, 3.63) is 64.7 Å². The highest BCUT2D eigenvalue weighted by atomic mass is 19.1. The average Bonchev–Trinajstić information content (AvgIpc) is 3.52. The van der Waals surface area contributed by atoms with Crippen molar-refractivity contribution in [3.8, 4) is 11.4 Å². The number of aromatic nitrogens is 5. The lowest BCUT2D eigenvalue weighted by atomic mass is 9.97. The number of carbonyl (C=O) groups is 2. The van der Waals surface area contributed by atoms with E-state index in [9.17, 15) is 14.0 Å². The molecule has 1 aliphatic rings. The highest BCUT2D eigenvalue weighted by Gasteiger charge is 2.29. The number of primary amides is 1. The first-order chi connectivity index (χ1) is 17.3. The number of rotatable bonds is 6. The zero-order chi connectivity index (χ0) is 25.4. The molecule has 0 aliphatic carbocycles.